The van der Waals surface area contributed by atoms with Gasteiger partial charge in [-0.1, -0.05) is 24.9 Å². The maximum atomic E-state index is 13.3. The average molecular weight is 489 g/mol. The number of hydrogen-bond acceptors (Lipinski definition) is 4. The van der Waals surface area contributed by atoms with Crippen molar-refractivity contribution < 1.29 is 22.8 Å². The number of carbonyl (C=O) groups is 2. The minimum atomic E-state index is -4.50. The zero-order valence-electron chi connectivity index (χ0n) is 19.1. The van der Waals surface area contributed by atoms with E-state index >= 15 is 0 Å². The van der Waals surface area contributed by atoms with Gasteiger partial charge < -0.3 is 15.1 Å². The number of carbonyl (C=O) groups excluding carboxylic acids is 2. The number of halogens is 4. The van der Waals surface area contributed by atoms with Crippen molar-refractivity contribution in [2.24, 2.45) is 11.8 Å². The van der Waals surface area contributed by atoms with Crippen molar-refractivity contribution in [2.75, 3.05) is 31.1 Å². The lowest BCUT2D eigenvalue weighted by Crippen LogP contribution is -2.52. The van der Waals surface area contributed by atoms with Crippen molar-refractivity contribution in [1.82, 2.24) is 15.2 Å². The number of nitrogens with one attached hydrogen (secondary N) is 1. The molecule has 184 valence electrons. The molecule has 10 heteroatoms. The van der Waals surface area contributed by atoms with Gasteiger partial charge in [-0.2, -0.15) is 13.2 Å². The third-order valence-corrected chi connectivity index (χ3v) is 6.94. The highest BCUT2D eigenvalue weighted by molar-refractivity contribution is 6.33. The smallest absolute Gasteiger partial charge is 0.356 e. The summed E-state index contributed by atoms with van der Waals surface area (Å²) in [7, 11) is 0. The van der Waals surface area contributed by atoms with Crippen molar-refractivity contribution in [3.05, 3.63) is 22.8 Å². The van der Waals surface area contributed by atoms with Crippen molar-refractivity contribution in [3.63, 3.8) is 0 Å². The number of nitrogens with zero attached hydrogens (tertiary/aromatic N) is 3. The maximum Gasteiger partial charge on any atom is 0.417 e. The molecule has 3 heterocycles. The normalized spacial score (nSPS) is 22.4. The van der Waals surface area contributed by atoms with E-state index < -0.39 is 11.7 Å². The number of hydrogen-bond donors (Lipinski definition) is 1. The molecule has 6 nitrogen and oxygen atoms in total. The fourth-order valence-electron chi connectivity index (χ4n) is 4.55. The molecule has 0 saturated carbocycles. The van der Waals surface area contributed by atoms with E-state index in [-0.39, 0.29) is 34.7 Å². The Hall–Kier alpha value is -2.03. The minimum Gasteiger partial charge on any atom is -0.356 e. The minimum absolute atomic E-state index is 0.0194. The summed E-state index contributed by atoms with van der Waals surface area (Å²) < 4.78 is 38.6. The van der Waals surface area contributed by atoms with Crippen molar-refractivity contribution >= 4 is 29.2 Å². The lowest BCUT2D eigenvalue weighted by atomic mass is 9.89. The van der Waals surface area contributed by atoms with Gasteiger partial charge in [-0.25, -0.2) is 4.98 Å². The van der Waals surface area contributed by atoms with Gasteiger partial charge >= 0.3 is 6.18 Å². The number of alkyl halides is 3. The summed E-state index contributed by atoms with van der Waals surface area (Å²) in [5.41, 5.74) is -0.881. The second kappa shape index (κ2) is 10.9. The van der Waals surface area contributed by atoms with E-state index in [0.717, 1.165) is 37.9 Å². The third-order valence-electron chi connectivity index (χ3n) is 6.66. The van der Waals surface area contributed by atoms with Crippen LogP contribution in [-0.4, -0.2) is 53.9 Å². The van der Waals surface area contributed by atoms with Crippen LogP contribution in [0.3, 0.4) is 0 Å². The Morgan fingerprint density at radius 3 is 2.48 bits per heavy atom. The zero-order valence-corrected chi connectivity index (χ0v) is 19.9. The van der Waals surface area contributed by atoms with Crippen molar-refractivity contribution in [1.29, 1.82) is 0 Å². The lowest BCUT2D eigenvalue weighted by Gasteiger charge is -2.41. The molecule has 2 amide bonds. The molecular formula is C23H32ClF3N4O2. The molecule has 1 N–H and O–H groups in total. The molecule has 0 bridgehead atoms. The number of anilines is 1. The van der Waals surface area contributed by atoms with Gasteiger partial charge in [-0.15, -0.1) is 0 Å². The number of likely N-dealkylation sites (tertiary alicyclic amines) is 1. The van der Waals surface area contributed by atoms with Crippen LogP contribution in [0.2, 0.25) is 5.02 Å². The Morgan fingerprint density at radius 1 is 1.18 bits per heavy atom. The number of amides is 2. The fourth-order valence-corrected chi connectivity index (χ4v) is 4.84. The van der Waals surface area contributed by atoms with E-state index in [4.69, 9.17) is 11.6 Å². The standard InChI is InChI=1S/C23H32ClF3N4O2/c1-3-4-9-28-21(32)17-6-5-15(2)31(14-17)22(33)16-7-10-30(11-8-16)20-19(24)12-18(13-29-20)23(25,26)27/h12-13,15-17H,3-11,14H2,1-2H3,(H,28,32). The van der Waals surface area contributed by atoms with Gasteiger partial charge in [-0.05, 0) is 45.1 Å². The van der Waals surface area contributed by atoms with Crippen LogP contribution in [-0.2, 0) is 15.8 Å². The molecule has 2 aliphatic heterocycles. The molecular weight excluding hydrogens is 457 g/mol. The summed E-state index contributed by atoms with van der Waals surface area (Å²) in [6.45, 7) is 6.15. The van der Waals surface area contributed by atoms with Gasteiger partial charge in [0.15, 0.2) is 0 Å². The van der Waals surface area contributed by atoms with Gasteiger partial charge in [0.2, 0.25) is 11.8 Å². The molecule has 2 fully saturated rings. The first-order valence-corrected chi connectivity index (χ1v) is 12.1. The second-order valence-corrected chi connectivity index (χ2v) is 9.45. The van der Waals surface area contributed by atoms with Gasteiger partial charge in [0.25, 0.3) is 0 Å². The first-order chi connectivity index (χ1) is 15.6. The summed E-state index contributed by atoms with van der Waals surface area (Å²) in [5.74, 6) is 0.0208. The van der Waals surface area contributed by atoms with Gasteiger partial charge in [-0.3, -0.25) is 9.59 Å². The first-order valence-electron chi connectivity index (χ1n) is 11.7. The number of piperidine rings is 2. The summed E-state index contributed by atoms with van der Waals surface area (Å²) in [5, 5.41) is 2.93. The van der Waals surface area contributed by atoms with E-state index in [1.165, 1.54) is 0 Å². The molecule has 0 aliphatic carbocycles. The zero-order chi connectivity index (χ0) is 24.2. The van der Waals surface area contributed by atoms with E-state index in [2.05, 4.69) is 17.2 Å². The van der Waals surface area contributed by atoms with Gasteiger partial charge in [0, 0.05) is 44.3 Å². The largest absolute Gasteiger partial charge is 0.417 e. The number of rotatable bonds is 6. The average Bonchev–Trinajstić information content (AvgIpc) is 2.78. The Balaban J connectivity index is 1.57. The molecule has 2 aliphatic rings. The van der Waals surface area contributed by atoms with Crippen LogP contribution in [0.1, 0.15) is 57.9 Å². The summed E-state index contributed by atoms with van der Waals surface area (Å²) in [6.07, 6.45) is 0.945. The number of aromatic nitrogens is 1. The Kier molecular flexibility index (Phi) is 8.48. The van der Waals surface area contributed by atoms with Crippen LogP contribution >= 0.6 is 11.6 Å². The fraction of sp³-hybridized carbons (Fsp3) is 0.696. The van der Waals surface area contributed by atoms with Crippen LogP contribution in [0, 0.1) is 11.8 Å². The Labute approximate surface area is 197 Å². The SMILES string of the molecule is CCCCNC(=O)C1CCC(C)N(C(=O)C2CCN(c3ncc(C(F)(F)F)cc3Cl)CC2)C1. The van der Waals surface area contributed by atoms with E-state index in [9.17, 15) is 22.8 Å². The second-order valence-electron chi connectivity index (χ2n) is 9.05. The van der Waals surface area contributed by atoms with Crippen LogP contribution in [0.4, 0.5) is 19.0 Å². The molecule has 0 radical (unpaired) electrons. The number of unbranched alkanes of at least 4 members (excludes halogenated alkanes) is 1. The van der Waals surface area contributed by atoms with Gasteiger partial charge in [0.05, 0.1) is 16.5 Å². The summed E-state index contributed by atoms with van der Waals surface area (Å²) in [4.78, 5) is 33.4. The van der Waals surface area contributed by atoms with Crippen LogP contribution < -0.4 is 10.2 Å². The molecule has 0 aromatic carbocycles. The summed E-state index contributed by atoms with van der Waals surface area (Å²) >= 11 is 6.08. The monoisotopic (exact) mass is 488 g/mol. The third kappa shape index (κ3) is 6.31. The number of pyridine rings is 1. The van der Waals surface area contributed by atoms with Crippen molar-refractivity contribution in [2.45, 2.75) is 64.6 Å². The van der Waals surface area contributed by atoms with E-state index in [1.54, 1.807) is 0 Å². The van der Waals surface area contributed by atoms with Crippen LogP contribution in [0.5, 0.6) is 0 Å². The lowest BCUT2D eigenvalue weighted by molar-refractivity contribution is -0.142. The molecule has 1 aromatic heterocycles. The molecule has 2 unspecified atom stereocenters. The molecule has 33 heavy (non-hydrogen) atoms. The predicted octanol–water partition coefficient (Wildman–Crippen LogP) is 4.51. The van der Waals surface area contributed by atoms with E-state index in [1.807, 2.05) is 16.7 Å². The topological polar surface area (TPSA) is 65.5 Å². The quantitative estimate of drug-likeness (QED) is 0.598. The van der Waals surface area contributed by atoms with E-state index in [0.29, 0.717) is 44.8 Å². The summed E-state index contributed by atoms with van der Waals surface area (Å²) in [6, 6.07) is 0.976. The molecule has 1 aromatic rings. The van der Waals surface area contributed by atoms with Crippen molar-refractivity contribution in [3.8, 4) is 0 Å². The molecule has 3 rings (SSSR count). The molecule has 2 saturated heterocycles. The van der Waals surface area contributed by atoms with Crippen LogP contribution in [0.15, 0.2) is 12.3 Å². The molecule has 2 atom stereocenters. The highest BCUT2D eigenvalue weighted by atomic mass is 35.5. The maximum absolute atomic E-state index is 13.3. The highest BCUT2D eigenvalue weighted by Crippen LogP contribution is 2.35. The molecule has 0 spiro atoms. The van der Waals surface area contributed by atoms with Gasteiger partial charge in [0.1, 0.15) is 5.82 Å². The first kappa shape index (κ1) is 25.6. The predicted molar refractivity (Wildman–Crippen MR) is 121 cm³/mol. The highest BCUT2D eigenvalue weighted by Gasteiger charge is 2.37. The Bertz CT molecular complexity index is 843. The Morgan fingerprint density at radius 2 is 1.88 bits per heavy atom. The van der Waals surface area contributed by atoms with Crippen LogP contribution in [0.25, 0.3) is 0 Å².